The minimum Gasteiger partial charge on any atom is -1.00 e. The summed E-state index contributed by atoms with van der Waals surface area (Å²) in [5, 5.41) is 18.1. The number of sulfonamides is 2. The second-order valence-corrected chi connectivity index (χ2v) is 25.4. The van der Waals surface area contributed by atoms with E-state index in [2.05, 4.69) is 34.7 Å². The molecule has 2 spiro atoms. The van der Waals surface area contributed by atoms with Gasteiger partial charge in [-0.2, -0.15) is 0 Å². The zero-order chi connectivity index (χ0) is 53.3. The topological polar surface area (TPSA) is 262 Å². The van der Waals surface area contributed by atoms with E-state index in [0.29, 0.717) is 84.9 Å². The van der Waals surface area contributed by atoms with Gasteiger partial charge in [0.25, 0.3) is 18.3 Å². The van der Waals surface area contributed by atoms with Crippen molar-refractivity contribution in [2.24, 2.45) is 33.7 Å². The number of carbonyl (C=O) groups excluding carboxylic acids is 4. The minimum atomic E-state index is -3.51. The number of anilines is 2. The van der Waals surface area contributed by atoms with Crippen LogP contribution in [0.4, 0.5) is 11.4 Å². The van der Waals surface area contributed by atoms with Crippen molar-refractivity contribution < 1.29 is 150 Å². The van der Waals surface area contributed by atoms with Gasteiger partial charge in [-0.25, -0.2) is 25.4 Å². The number of hydrogen-bond acceptors (Lipinski definition) is 13. The Bertz CT molecular complexity index is 2640. The number of amidine groups is 2. The molecule has 0 unspecified atom stereocenters. The fraction of sp³-hybridized carbons (Fsp3) is 0.647. The van der Waals surface area contributed by atoms with Crippen molar-refractivity contribution >= 4 is 90.5 Å². The maximum absolute atomic E-state index is 13.1. The number of rotatable bonds is 14. The molecular weight excluding hydrogens is 1100 g/mol. The second-order valence-electron chi connectivity index (χ2n) is 20.5. The van der Waals surface area contributed by atoms with Crippen molar-refractivity contribution in [3.8, 4) is 0 Å². The van der Waals surface area contributed by atoms with Crippen LogP contribution in [-0.4, -0.2) is 110 Å². The van der Waals surface area contributed by atoms with Crippen LogP contribution in [-0.2, 0) is 57.0 Å². The maximum Gasteiger partial charge on any atom is 1.00 e. The van der Waals surface area contributed by atoms with E-state index in [1.807, 2.05) is 19.9 Å². The molecule has 0 bridgehead atoms. The number of nitrogens with zero attached hydrogens (tertiary/aromatic N) is 4. The van der Waals surface area contributed by atoms with Crippen molar-refractivity contribution in [2.75, 3.05) is 48.7 Å². The molecule has 4 fully saturated rings. The number of carbonyl (C=O) groups is 4. The van der Waals surface area contributed by atoms with E-state index in [4.69, 9.17) is 49.0 Å². The summed E-state index contributed by atoms with van der Waals surface area (Å²) in [4.78, 5) is 58.2. The van der Waals surface area contributed by atoms with Gasteiger partial charge in [0, 0.05) is 44.9 Å². The normalized spacial score (nSPS) is 23.4. The van der Waals surface area contributed by atoms with Crippen LogP contribution in [0.1, 0.15) is 134 Å². The number of aryl methyl sites for hydroxylation is 2. The van der Waals surface area contributed by atoms with E-state index in [-0.39, 0.29) is 153 Å². The van der Waals surface area contributed by atoms with E-state index in [1.54, 1.807) is 18.2 Å². The monoisotopic (exact) mass is 1170 g/mol. The summed E-state index contributed by atoms with van der Waals surface area (Å²) in [6, 6.07) is 7.06. The Kier molecular flexibility index (Phi) is 26.4. The van der Waals surface area contributed by atoms with Crippen LogP contribution in [0.25, 0.3) is 0 Å². The summed E-state index contributed by atoms with van der Waals surface area (Å²) < 4.78 is 55.3. The molecule has 4 aliphatic heterocycles. The van der Waals surface area contributed by atoms with Crippen molar-refractivity contribution in [3.63, 3.8) is 0 Å². The molecule has 8 rings (SSSR count). The quantitative estimate of drug-likeness (QED) is 0.0658. The first-order valence-electron chi connectivity index (χ1n) is 25.7. The van der Waals surface area contributed by atoms with Crippen LogP contribution in [0.3, 0.4) is 0 Å². The van der Waals surface area contributed by atoms with E-state index in [1.165, 1.54) is 54.1 Å². The van der Waals surface area contributed by atoms with Gasteiger partial charge >= 0.3 is 103 Å². The largest absolute Gasteiger partial charge is 1.00 e. The number of aliphatic imine (C=N–C) groups is 2. The maximum atomic E-state index is 13.1. The number of amides is 3. The Morgan fingerprint density at radius 1 is 0.747 bits per heavy atom. The molecular formula is C51H74Cl2K2N8O10S2. The third-order valence-corrected chi connectivity index (χ3v) is 20.9. The third-order valence-electron chi connectivity index (χ3n) is 16.1. The minimum absolute atomic E-state index is 0. The van der Waals surface area contributed by atoms with Crippen LogP contribution >= 0.6 is 23.2 Å². The van der Waals surface area contributed by atoms with Gasteiger partial charge in [-0.15, -0.1) is 0 Å². The summed E-state index contributed by atoms with van der Waals surface area (Å²) in [6.45, 7) is 10.6. The van der Waals surface area contributed by atoms with Gasteiger partial charge in [0.2, 0.25) is 26.0 Å². The number of nitrogens with two attached hydrogens (primary N) is 1. The predicted molar refractivity (Wildman–Crippen MR) is 284 cm³/mol. The zero-order valence-electron chi connectivity index (χ0n) is 45.8. The van der Waals surface area contributed by atoms with Gasteiger partial charge < -0.3 is 33.3 Å². The van der Waals surface area contributed by atoms with Crippen LogP contribution in [0.5, 0.6) is 0 Å². The molecule has 2 saturated heterocycles. The molecule has 0 atom stereocenters. The molecule has 0 aromatic heterocycles. The number of nitrogen functional groups attached to an aromatic ring is 1. The SMILES string of the molecule is CCC1CCC(C2=NC3(CCN(S(=O)(=O)CCc4ccc(N)c(Cl)c4C)CC3)C(=O)N2)CC1.CCC1CCC(C2=NC3(CCN(S(=O)(=O)CCc4ccc(NC(C)=O)c(Cl)c4C)CC3)C(=O)N2)CC1.O=CO[O-].[H-].[K+].[K+]. The number of hydrogen-bond donors (Lipinski definition) is 4. The van der Waals surface area contributed by atoms with E-state index < -0.39 is 31.1 Å². The average Bonchev–Trinajstić information content (AvgIpc) is 3.88. The molecule has 18 nitrogen and oxygen atoms in total. The molecule has 5 N–H and O–H groups in total. The van der Waals surface area contributed by atoms with Crippen LogP contribution in [0.15, 0.2) is 34.3 Å². The fourth-order valence-corrected chi connectivity index (χ4v) is 14.5. The average molecular weight is 1170 g/mol. The number of nitrogens with one attached hydrogen (secondary N) is 3. The number of benzene rings is 2. The number of piperidine rings is 2. The molecule has 2 aromatic carbocycles. The Morgan fingerprint density at radius 3 is 1.48 bits per heavy atom. The smallest absolute Gasteiger partial charge is 1.00 e. The zero-order valence-corrected chi connectivity index (χ0v) is 54.2. The molecule has 75 heavy (non-hydrogen) atoms. The molecule has 406 valence electrons. The Hall–Kier alpha value is -0.907. The first-order valence-corrected chi connectivity index (χ1v) is 29.7. The summed E-state index contributed by atoms with van der Waals surface area (Å²) in [5.41, 5.74) is 8.50. The summed E-state index contributed by atoms with van der Waals surface area (Å²) in [5.74, 6) is 3.47. The molecule has 2 aromatic rings. The van der Waals surface area contributed by atoms with Crippen LogP contribution < -0.4 is 130 Å². The van der Waals surface area contributed by atoms with Gasteiger partial charge in [0.15, 0.2) is 0 Å². The molecule has 2 saturated carbocycles. The first-order chi connectivity index (χ1) is 34.6. The first kappa shape index (κ1) is 66.6. The van der Waals surface area contributed by atoms with Crippen molar-refractivity contribution in [2.45, 2.75) is 148 Å². The molecule has 0 radical (unpaired) electrons. The summed E-state index contributed by atoms with van der Waals surface area (Å²) >= 11 is 12.6. The Labute approximate surface area is 540 Å². The van der Waals surface area contributed by atoms with Gasteiger partial charge in [-0.05, 0) is 150 Å². The van der Waals surface area contributed by atoms with Gasteiger partial charge in [-0.3, -0.25) is 29.2 Å². The van der Waals surface area contributed by atoms with Gasteiger partial charge in [0.1, 0.15) is 22.7 Å². The molecule has 4 heterocycles. The van der Waals surface area contributed by atoms with Gasteiger partial charge in [0.05, 0.1) is 32.9 Å². The standard InChI is InChI=1S/C26H37ClN4O4S.C24H35ClN4O3S.CH2O3.2K.H/c1-4-19-5-7-21(8-6-19)24-29-25(33)26(30-24)12-14-31(15-13-26)36(34,35)16-11-20-9-10-22(28-18(3)32)23(27)17(20)2;1-3-17-4-6-19(7-5-17)22-27-23(30)24(28-22)11-13-29(14-12-24)33(31,32)15-10-18-8-9-20(26)21(25)16(18)2;2-1-4-3;;;/h9-10,19,21H,4-8,11-16H2,1-3H3,(H,28,32)(H,29,30,33);8-9,17,19H,3-7,10-15,26H2,1-2H3,(H,27,28,30);1,3H;;;/q;;;2*+1;-1/p-1. The Balaban J connectivity index is 0.000000362. The van der Waals surface area contributed by atoms with Crippen molar-refractivity contribution in [3.05, 3.63) is 56.6 Å². The van der Waals surface area contributed by atoms with E-state index >= 15 is 0 Å². The summed E-state index contributed by atoms with van der Waals surface area (Å²) in [7, 11) is -6.96. The van der Waals surface area contributed by atoms with E-state index in [0.717, 1.165) is 71.4 Å². The molecule has 3 amide bonds. The van der Waals surface area contributed by atoms with Gasteiger partial charge in [-0.1, -0.05) is 62.0 Å². The third kappa shape index (κ3) is 16.8. The fourth-order valence-electron chi connectivity index (χ4n) is 11.1. The predicted octanol–water partition coefficient (Wildman–Crippen LogP) is 0.296. The van der Waals surface area contributed by atoms with E-state index in [9.17, 15) is 31.2 Å². The molecule has 6 aliphatic rings. The second kappa shape index (κ2) is 29.7. The van der Waals surface area contributed by atoms with Crippen LogP contribution in [0, 0.1) is 37.5 Å². The summed E-state index contributed by atoms with van der Waals surface area (Å²) in [6.07, 6.45) is 13.8. The molecule has 2 aliphatic carbocycles. The Morgan fingerprint density at radius 2 is 1.12 bits per heavy atom. The molecule has 24 heteroatoms. The van der Waals surface area contributed by atoms with Crippen molar-refractivity contribution in [1.82, 2.24) is 19.2 Å². The van der Waals surface area contributed by atoms with Crippen molar-refractivity contribution in [1.29, 1.82) is 0 Å². The van der Waals surface area contributed by atoms with Crippen LogP contribution in [0.2, 0.25) is 10.0 Å². The number of halogens is 2.